The summed E-state index contributed by atoms with van der Waals surface area (Å²) in [5.74, 6) is 0. The van der Waals surface area contributed by atoms with E-state index in [0.717, 1.165) is 12.8 Å². The monoisotopic (exact) mass is 210 g/mol. The first kappa shape index (κ1) is 12.0. The molecule has 3 heteroatoms. The van der Waals surface area contributed by atoms with Crippen molar-refractivity contribution in [3.8, 4) is 0 Å². The summed E-state index contributed by atoms with van der Waals surface area (Å²) in [6.45, 7) is 4.38. The predicted octanol–water partition coefficient (Wildman–Crippen LogP) is 3.48. The Kier molecular flexibility index (Phi) is 6.19. The van der Waals surface area contributed by atoms with Crippen molar-refractivity contribution in [1.82, 2.24) is 0 Å². The molecule has 0 fully saturated rings. The van der Waals surface area contributed by atoms with Crippen LogP contribution in [0, 0.1) is 0 Å². The van der Waals surface area contributed by atoms with Crippen LogP contribution < -0.4 is 0 Å². The Bertz CT molecular complexity index is 106. The molecule has 0 saturated heterocycles. The Labute approximate surface area is 85.7 Å². The van der Waals surface area contributed by atoms with E-state index in [0.29, 0.717) is 4.58 Å². The van der Waals surface area contributed by atoms with Crippen LogP contribution >= 0.6 is 37.0 Å². The smallest absolute Gasteiger partial charge is 0.0613 e. The predicted molar refractivity (Wildman–Crippen MR) is 63.2 cm³/mol. The normalized spacial score (nSPS) is 19.4. The molecule has 0 aliphatic rings. The molecule has 0 unspecified atom stereocenters. The Morgan fingerprint density at radius 2 is 2.00 bits per heavy atom. The largest absolute Gasteiger partial charge is 0.170 e. The molecule has 0 aromatic carbocycles. The summed E-state index contributed by atoms with van der Waals surface area (Å²) in [5, 5.41) is 0. The zero-order chi connectivity index (χ0) is 8.91. The lowest BCUT2D eigenvalue weighted by molar-refractivity contribution is 0.558. The lowest BCUT2D eigenvalue weighted by Crippen LogP contribution is -2.29. The molecule has 0 aromatic heterocycles. The van der Waals surface area contributed by atoms with Crippen molar-refractivity contribution in [2.24, 2.45) is 0 Å². The summed E-state index contributed by atoms with van der Waals surface area (Å²) in [4.78, 5) is 0. The molecule has 0 radical (unpaired) electrons. The first-order valence-corrected chi connectivity index (χ1v) is 6.29. The Balaban J connectivity index is 4.07. The van der Waals surface area contributed by atoms with Crippen LogP contribution in [0.5, 0.6) is 0 Å². The van der Waals surface area contributed by atoms with Crippen molar-refractivity contribution >= 4 is 37.0 Å². The van der Waals surface area contributed by atoms with Gasteiger partial charge < -0.3 is 0 Å². The van der Waals surface area contributed by atoms with Gasteiger partial charge in [-0.2, -0.15) is 25.3 Å². The Morgan fingerprint density at radius 3 is 2.27 bits per heavy atom. The van der Waals surface area contributed by atoms with Gasteiger partial charge in [-0.05, 0) is 19.1 Å². The van der Waals surface area contributed by atoms with E-state index in [9.17, 15) is 0 Å². The molecule has 0 aromatic rings. The van der Waals surface area contributed by atoms with Crippen LogP contribution in [-0.4, -0.2) is 15.6 Å². The van der Waals surface area contributed by atoms with E-state index in [2.05, 4.69) is 45.4 Å². The van der Waals surface area contributed by atoms with Crippen molar-refractivity contribution in [3.05, 3.63) is 0 Å². The van der Waals surface area contributed by atoms with Gasteiger partial charge in [0.05, 0.1) is 4.58 Å². The van der Waals surface area contributed by atoms with Crippen LogP contribution in [0.1, 0.15) is 33.1 Å². The molecule has 0 N–H and O–H groups in total. The first-order valence-electron chi connectivity index (χ1n) is 4.04. The standard InChI is InChI=1S/C8H18S3/c1-4-6-8(10,5-2)7(9)11-3/h7,9-10H,4-6H2,1-3H3/t7-,8-/m0/s1. The summed E-state index contributed by atoms with van der Waals surface area (Å²) in [7, 11) is 0. The number of hydrogen-bond acceptors (Lipinski definition) is 3. The van der Waals surface area contributed by atoms with Gasteiger partial charge in [-0.15, -0.1) is 11.8 Å². The van der Waals surface area contributed by atoms with Crippen LogP contribution in [0.25, 0.3) is 0 Å². The molecule has 0 aliphatic carbocycles. The fourth-order valence-corrected chi connectivity index (χ4v) is 2.70. The average Bonchev–Trinajstić information content (AvgIpc) is 2.03. The summed E-state index contributed by atoms with van der Waals surface area (Å²) < 4.78 is 0.480. The molecular weight excluding hydrogens is 192 g/mol. The third kappa shape index (κ3) is 3.51. The van der Waals surface area contributed by atoms with Gasteiger partial charge in [0.25, 0.3) is 0 Å². The fourth-order valence-electron chi connectivity index (χ4n) is 1.13. The molecule has 0 heterocycles. The Hall–Kier alpha value is 1.05. The summed E-state index contributed by atoms with van der Waals surface area (Å²) in [5.41, 5.74) is 0. The van der Waals surface area contributed by atoms with Gasteiger partial charge in [-0.3, -0.25) is 0 Å². The van der Waals surface area contributed by atoms with Gasteiger partial charge in [0.2, 0.25) is 0 Å². The van der Waals surface area contributed by atoms with E-state index in [-0.39, 0.29) is 4.75 Å². The van der Waals surface area contributed by atoms with Gasteiger partial charge in [0, 0.05) is 4.75 Å². The number of thioether (sulfide) groups is 1. The molecule has 0 saturated carbocycles. The van der Waals surface area contributed by atoms with Gasteiger partial charge >= 0.3 is 0 Å². The van der Waals surface area contributed by atoms with E-state index in [1.165, 1.54) is 6.42 Å². The summed E-state index contributed by atoms with van der Waals surface area (Å²) >= 11 is 11.0. The second-order valence-electron chi connectivity index (χ2n) is 2.80. The van der Waals surface area contributed by atoms with Gasteiger partial charge in [0.15, 0.2) is 0 Å². The van der Waals surface area contributed by atoms with Crippen LogP contribution in [-0.2, 0) is 0 Å². The minimum Gasteiger partial charge on any atom is -0.170 e. The van der Waals surface area contributed by atoms with E-state index >= 15 is 0 Å². The highest BCUT2D eigenvalue weighted by Gasteiger charge is 2.29. The van der Waals surface area contributed by atoms with E-state index in [4.69, 9.17) is 0 Å². The zero-order valence-electron chi connectivity index (χ0n) is 7.50. The van der Waals surface area contributed by atoms with Gasteiger partial charge in [-0.25, -0.2) is 0 Å². The van der Waals surface area contributed by atoms with Crippen molar-refractivity contribution in [2.75, 3.05) is 6.26 Å². The maximum atomic E-state index is 4.68. The highest BCUT2D eigenvalue weighted by molar-refractivity contribution is 8.10. The topological polar surface area (TPSA) is 0 Å². The molecule has 11 heavy (non-hydrogen) atoms. The lowest BCUT2D eigenvalue weighted by atomic mass is 10.0. The zero-order valence-corrected chi connectivity index (χ0v) is 10.1. The second-order valence-corrected chi connectivity index (χ2v) is 5.49. The molecule has 0 spiro atoms. The molecule has 0 aliphatic heterocycles. The van der Waals surface area contributed by atoms with Crippen molar-refractivity contribution < 1.29 is 0 Å². The second kappa shape index (κ2) is 5.65. The van der Waals surface area contributed by atoms with E-state index < -0.39 is 0 Å². The van der Waals surface area contributed by atoms with Crippen molar-refractivity contribution in [2.45, 2.75) is 42.4 Å². The molecular formula is C8H18S3. The van der Waals surface area contributed by atoms with Crippen molar-refractivity contribution in [1.29, 1.82) is 0 Å². The third-order valence-corrected chi connectivity index (χ3v) is 5.18. The number of hydrogen-bond donors (Lipinski definition) is 2. The number of rotatable bonds is 5. The molecule has 2 atom stereocenters. The highest BCUT2D eigenvalue weighted by atomic mass is 32.2. The van der Waals surface area contributed by atoms with Crippen LogP contribution in [0.4, 0.5) is 0 Å². The van der Waals surface area contributed by atoms with Crippen LogP contribution in [0.3, 0.4) is 0 Å². The lowest BCUT2D eigenvalue weighted by Gasteiger charge is -2.31. The molecule has 68 valence electrons. The molecule has 0 bridgehead atoms. The maximum Gasteiger partial charge on any atom is 0.0613 e. The first-order chi connectivity index (χ1) is 5.10. The third-order valence-electron chi connectivity index (χ3n) is 1.98. The molecule has 0 nitrogen and oxygen atoms in total. The van der Waals surface area contributed by atoms with Crippen molar-refractivity contribution in [3.63, 3.8) is 0 Å². The molecule has 0 rings (SSSR count). The summed E-state index contributed by atoms with van der Waals surface area (Å²) in [6, 6.07) is 0. The quantitative estimate of drug-likeness (QED) is 0.517. The van der Waals surface area contributed by atoms with Gasteiger partial charge in [-0.1, -0.05) is 20.3 Å². The van der Waals surface area contributed by atoms with Crippen LogP contribution in [0.15, 0.2) is 0 Å². The minimum atomic E-state index is 0.122. The Morgan fingerprint density at radius 1 is 1.45 bits per heavy atom. The van der Waals surface area contributed by atoms with Gasteiger partial charge in [0.1, 0.15) is 0 Å². The summed E-state index contributed by atoms with van der Waals surface area (Å²) in [6.07, 6.45) is 5.53. The van der Waals surface area contributed by atoms with E-state index in [1.54, 1.807) is 11.8 Å². The number of thiol groups is 2. The maximum absolute atomic E-state index is 4.68. The SMILES string of the molecule is CCC[C@@](S)(CC)[C@@H](S)SC. The minimum absolute atomic E-state index is 0.122. The van der Waals surface area contributed by atoms with E-state index in [1.807, 2.05) is 0 Å². The fraction of sp³-hybridized carbons (Fsp3) is 1.00. The highest BCUT2D eigenvalue weighted by Crippen LogP contribution is 2.37. The van der Waals surface area contributed by atoms with Crippen LogP contribution in [0.2, 0.25) is 0 Å². The average molecular weight is 210 g/mol. The molecule has 0 amide bonds.